The lowest BCUT2D eigenvalue weighted by atomic mass is 9.98. The topological polar surface area (TPSA) is 51.5 Å². The van der Waals surface area contributed by atoms with Crippen molar-refractivity contribution in [2.45, 2.75) is 41.5 Å². The lowest BCUT2D eigenvalue weighted by Gasteiger charge is -2.14. The van der Waals surface area contributed by atoms with E-state index in [-0.39, 0.29) is 5.91 Å². The maximum Gasteiger partial charge on any atom is 0.244 e. The Morgan fingerprint density at radius 1 is 1.26 bits per heavy atom. The zero-order chi connectivity index (χ0) is 17.1. The van der Waals surface area contributed by atoms with Gasteiger partial charge >= 0.3 is 0 Å². The van der Waals surface area contributed by atoms with E-state index in [1.165, 1.54) is 0 Å². The third-order valence-corrected chi connectivity index (χ3v) is 4.06. The van der Waals surface area contributed by atoms with Crippen LogP contribution in [0.5, 0.6) is 5.75 Å². The van der Waals surface area contributed by atoms with Gasteiger partial charge in [-0.15, -0.1) is 0 Å². The average molecular weight is 315 g/mol. The standard InChI is InChI=1S/C19H25NO3/c1-7-20-17(21)9-11(3)15-10-16-12(4)14(6)23-19(16)13(5)18(15)22-8-2/h9-10H,7-8H2,1-6H3,(H,20,21)/b11-9+. The van der Waals surface area contributed by atoms with Gasteiger partial charge < -0.3 is 14.5 Å². The van der Waals surface area contributed by atoms with Crippen molar-refractivity contribution in [3.8, 4) is 5.75 Å². The highest BCUT2D eigenvalue weighted by molar-refractivity contribution is 5.98. The molecule has 0 aliphatic rings. The molecule has 1 aromatic carbocycles. The molecule has 4 heteroatoms. The van der Waals surface area contributed by atoms with Crippen molar-refractivity contribution in [2.24, 2.45) is 0 Å². The molecule has 0 atom stereocenters. The summed E-state index contributed by atoms with van der Waals surface area (Å²) < 4.78 is 11.7. The van der Waals surface area contributed by atoms with Crippen molar-refractivity contribution in [1.82, 2.24) is 5.32 Å². The first-order valence-corrected chi connectivity index (χ1v) is 8.03. The number of hydrogen-bond donors (Lipinski definition) is 1. The van der Waals surface area contributed by atoms with Crippen LogP contribution >= 0.6 is 0 Å². The molecule has 1 heterocycles. The molecule has 124 valence electrons. The van der Waals surface area contributed by atoms with Gasteiger partial charge in [0.25, 0.3) is 0 Å². The van der Waals surface area contributed by atoms with Crippen LogP contribution in [-0.2, 0) is 4.79 Å². The summed E-state index contributed by atoms with van der Waals surface area (Å²) in [4.78, 5) is 11.9. The van der Waals surface area contributed by atoms with Gasteiger partial charge in [-0.1, -0.05) is 0 Å². The molecule has 0 saturated heterocycles. The largest absolute Gasteiger partial charge is 0.493 e. The number of carbonyl (C=O) groups excluding carboxylic acids is 1. The normalized spacial score (nSPS) is 11.8. The number of likely N-dealkylation sites (N-methyl/N-ethyl adjacent to an activating group) is 1. The fraction of sp³-hybridized carbons (Fsp3) is 0.421. The van der Waals surface area contributed by atoms with Crippen LogP contribution in [0.1, 0.15) is 43.2 Å². The van der Waals surface area contributed by atoms with E-state index in [1.807, 2.05) is 41.5 Å². The number of carbonyl (C=O) groups is 1. The monoisotopic (exact) mass is 315 g/mol. The molecular formula is C19H25NO3. The van der Waals surface area contributed by atoms with E-state index in [0.717, 1.165) is 44.7 Å². The number of ether oxygens (including phenoxy) is 1. The molecule has 0 fully saturated rings. The lowest BCUT2D eigenvalue weighted by molar-refractivity contribution is -0.116. The van der Waals surface area contributed by atoms with Crippen molar-refractivity contribution >= 4 is 22.4 Å². The molecule has 0 radical (unpaired) electrons. The minimum Gasteiger partial charge on any atom is -0.493 e. The first-order chi connectivity index (χ1) is 10.9. The Kier molecular flexibility index (Phi) is 5.14. The smallest absolute Gasteiger partial charge is 0.244 e. The van der Waals surface area contributed by atoms with E-state index in [2.05, 4.69) is 11.4 Å². The Balaban J connectivity index is 2.67. The van der Waals surface area contributed by atoms with Crippen molar-refractivity contribution in [1.29, 1.82) is 0 Å². The number of fused-ring (bicyclic) bond motifs is 1. The Hall–Kier alpha value is -2.23. The summed E-state index contributed by atoms with van der Waals surface area (Å²) in [6.07, 6.45) is 1.62. The van der Waals surface area contributed by atoms with Crippen molar-refractivity contribution in [2.75, 3.05) is 13.2 Å². The fourth-order valence-electron chi connectivity index (χ4n) is 2.73. The van der Waals surface area contributed by atoms with Crippen LogP contribution in [0.3, 0.4) is 0 Å². The van der Waals surface area contributed by atoms with E-state index in [1.54, 1.807) is 6.08 Å². The number of furan rings is 1. The summed E-state index contributed by atoms with van der Waals surface area (Å²) in [6, 6.07) is 2.06. The van der Waals surface area contributed by atoms with E-state index < -0.39 is 0 Å². The van der Waals surface area contributed by atoms with Gasteiger partial charge in [-0.3, -0.25) is 4.79 Å². The molecule has 0 bridgehead atoms. The summed E-state index contributed by atoms with van der Waals surface area (Å²) in [6.45, 7) is 13.0. The predicted molar refractivity (Wildman–Crippen MR) is 93.9 cm³/mol. The maximum atomic E-state index is 11.9. The molecule has 0 unspecified atom stereocenters. The van der Waals surface area contributed by atoms with Crippen molar-refractivity contribution < 1.29 is 13.9 Å². The highest BCUT2D eigenvalue weighted by Gasteiger charge is 2.18. The molecule has 23 heavy (non-hydrogen) atoms. The number of hydrogen-bond acceptors (Lipinski definition) is 3. The lowest BCUT2D eigenvalue weighted by Crippen LogP contribution is -2.20. The second kappa shape index (κ2) is 6.90. The molecule has 0 spiro atoms. The highest BCUT2D eigenvalue weighted by Crippen LogP contribution is 2.38. The molecule has 2 rings (SSSR count). The van der Waals surface area contributed by atoms with Crippen LogP contribution in [0.15, 0.2) is 16.6 Å². The van der Waals surface area contributed by atoms with Crippen LogP contribution in [0.4, 0.5) is 0 Å². The predicted octanol–water partition coefficient (Wildman–Crippen LogP) is 4.30. The zero-order valence-electron chi connectivity index (χ0n) is 14.8. The third-order valence-electron chi connectivity index (χ3n) is 4.06. The van der Waals surface area contributed by atoms with Gasteiger partial charge in [0.1, 0.15) is 17.1 Å². The van der Waals surface area contributed by atoms with Gasteiger partial charge in [0.05, 0.1) is 6.61 Å². The Morgan fingerprint density at radius 3 is 2.57 bits per heavy atom. The summed E-state index contributed by atoms with van der Waals surface area (Å²) in [5, 5.41) is 3.86. The number of rotatable bonds is 5. The molecule has 4 nitrogen and oxygen atoms in total. The first-order valence-electron chi connectivity index (χ1n) is 8.03. The molecule has 2 aromatic rings. The minimum absolute atomic E-state index is 0.0923. The quantitative estimate of drug-likeness (QED) is 0.837. The van der Waals surface area contributed by atoms with E-state index >= 15 is 0 Å². The minimum atomic E-state index is -0.0923. The molecule has 0 saturated carbocycles. The second-order valence-corrected chi connectivity index (χ2v) is 5.69. The summed E-state index contributed by atoms with van der Waals surface area (Å²) >= 11 is 0. The van der Waals surface area contributed by atoms with Crippen LogP contribution in [0.2, 0.25) is 0 Å². The van der Waals surface area contributed by atoms with Crippen LogP contribution < -0.4 is 10.1 Å². The van der Waals surface area contributed by atoms with Gasteiger partial charge in [-0.05, 0) is 58.7 Å². The van der Waals surface area contributed by atoms with Gasteiger partial charge in [-0.2, -0.15) is 0 Å². The second-order valence-electron chi connectivity index (χ2n) is 5.69. The molecule has 1 aromatic heterocycles. The van der Waals surface area contributed by atoms with Gasteiger partial charge in [0, 0.05) is 29.1 Å². The molecular weight excluding hydrogens is 290 g/mol. The molecule has 0 aliphatic carbocycles. The molecule has 0 aliphatic heterocycles. The van der Waals surface area contributed by atoms with Gasteiger partial charge in [0.15, 0.2) is 0 Å². The first kappa shape index (κ1) is 17.1. The molecule has 1 N–H and O–H groups in total. The number of nitrogens with one attached hydrogen (secondary N) is 1. The summed E-state index contributed by atoms with van der Waals surface area (Å²) in [7, 11) is 0. The van der Waals surface area contributed by atoms with E-state index in [4.69, 9.17) is 9.15 Å². The van der Waals surface area contributed by atoms with Crippen LogP contribution in [-0.4, -0.2) is 19.1 Å². The maximum absolute atomic E-state index is 11.9. The van der Waals surface area contributed by atoms with E-state index in [9.17, 15) is 4.79 Å². The summed E-state index contributed by atoms with van der Waals surface area (Å²) in [5.74, 6) is 1.60. The Morgan fingerprint density at radius 2 is 1.96 bits per heavy atom. The SMILES string of the molecule is CCNC(=O)/C=C(\C)c1cc2c(C)c(C)oc2c(C)c1OCC. The third kappa shape index (κ3) is 3.26. The highest BCUT2D eigenvalue weighted by atomic mass is 16.5. The number of amides is 1. The number of aryl methyl sites for hydroxylation is 3. The van der Waals surface area contributed by atoms with Gasteiger partial charge in [0.2, 0.25) is 5.91 Å². The Bertz CT molecular complexity index is 769. The Labute approximate surface area is 137 Å². The zero-order valence-corrected chi connectivity index (χ0v) is 14.8. The molecule has 1 amide bonds. The van der Waals surface area contributed by atoms with Crippen LogP contribution in [0, 0.1) is 20.8 Å². The average Bonchev–Trinajstić information content (AvgIpc) is 2.78. The van der Waals surface area contributed by atoms with Crippen molar-refractivity contribution in [3.05, 3.63) is 34.6 Å². The fourth-order valence-corrected chi connectivity index (χ4v) is 2.73. The van der Waals surface area contributed by atoms with Crippen molar-refractivity contribution in [3.63, 3.8) is 0 Å². The number of benzene rings is 1. The van der Waals surface area contributed by atoms with Gasteiger partial charge in [-0.25, -0.2) is 0 Å². The summed E-state index contributed by atoms with van der Waals surface area (Å²) in [5.41, 5.74) is 4.77. The number of allylic oxidation sites excluding steroid dienone is 1. The van der Waals surface area contributed by atoms with E-state index in [0.29, 0.717) is 13.2 Å². The van der Waals surface area contributed by atoms with Crippen LogP contribution in [0.25, 0.3) is 16.5 Å².